The molecule has 1 N–H and O–H groups in total. The van der Waals surface area contributed by atoms with E-state index in [1.807, 2.05) is 22.9 Å². The maximum atomic E-state index is 13.6. The molecule has 2 aromatic heterocycles. The Morgan fingerprint density at radius 2 is 1.65 bits per heavy atom. The van der Waals surface area contributed by atoms with Gasteiger partial charge in [-0.25, -0.2) is 9.50 Å². The minimum atomic E-state index is -0.799. The van der Waals surface area contributed by atoms with Gasteiger partial charge in [0.15, 0.2) is 5.65 Å². The van der Waals surface area contributed by atoms with Crippen molar-refractivity contribution in [2.24, 2.45) is 17.3 Å². The average Bonchev–Trinajstić information content (AvgIpc) is 3.84. The van der Waals surface area contributed by atoms with Crippen molar-refractivity contribution in [3.05, 3.63) is 59.5 Å². The number of carboxylic acid groups (broad SMARTS) is 1. The molecule has 10 nitrogen and oxygen atoms in total. The number of carbonyl (C=O) groups excluding carboxylic acids is 2. The molecule has 10 heteroatoms. The number of carboxylic acids is 1. The number of likely N-dealkylation sites (tertiary alicyclic amines) is 2. The summed E-state index contributed by atoms with van der Waals surface area (Å²) in [7, 11) is 0. The zero-order valence-electron chi connectivity index (χ0n) is 25.0. The number of aliphatic carboxylic acids is 1. The fourth-order valence-corrected chi connectivity index (χ4v) is 8.05. The molecule has 4 fully saturated rings. The van der Waals surface area contributed by atoms with Crippen molar-refractivity contribution in [1.82, 2.24) is 24.4 Å². The smallest absolute Gasteiger partial charge is 0.306 e. The van der Waals surface area contributed by atoms with E-state index in [4.69, 9.17) is 0 Å². The number of rotatable bonds is 5. The summed E-state index contributed by atoms with van der Waals surface area (Å²) in [4.78, 5) is 49.0. The Labute approximate surface area is 251 Å². The lowest BCUT2D eigenvalue weighted by atomic mass is 9.82. The summed E-state index contributed by atoms with van der Waals surface area (Å²) < 4.78 is 1.75. The number of hydrogen-bond donors (Lipinski definition) is 1. The molecule has 5 heterocycles. The normalized spacial score (nSPS) is 28.9. The van der Waals surface area contributed by atoms with Crippen LogP contribution in [0.1, 0.15) is 67.2 Å². The molecule has 3 saturated heterocycles. The molecule has 1 saturated carbocycles. The number of nitrogens with zero attached hydrogens (tertiary/aromatic N) is 6. The first-order chi connectivity index (χ1) is 20.6. The Hall–Kier alpha value is -3.95. The summed E-state index contributed by atoms with van der Waals surface area (Å²) in [6.45, 7) is 8.72. The second kappa shape index (κ2) is 10.3. The van der Waals surface area contributed by atoms with Gasteiger partial charge in [0.25, 0.3) is 5.91 Å². The highest BCUT2D eigenvalue weighted by Crippen LogP contribution is 2.42. The third kappa shape index (κ3) is 4.94. The van der Waals surface area contributed by atoms with Gasteiger partial charge in [-0.1, -0.05) is 37.3 Å². The molecule has 226 valence electrons. The Morgan fingerprint density at radius 1 is 0.930 bits per heavy atom. The second-order valence-electron chi connectivity index (χ2n) is 13.7. The van der Waals surface area contributed by atoms with Crippen molar-refractivity contribution in [3.8, 4) is 0 Å². The van der Waals surface area contributed by atoms with Gasteiger partial charge in [-0.05, 0) is 62.6 Å². The average molecular weight is 585 g/mol. The lowest BCUT2D eigenvalue weighted by Crippen LogP contribution is -2.38. The van der Waals surface area contributed by atoms with Crippen LogP contribution in [0, 0.1) is 24.2 Å². The molecule has 43 heavy (non-hydrogen) atoms. The maximum absolute atomic E-state index is 13.6. The topological polar surface area (TPSA) is 111 Å². The first kappa shape index (κ1) is 27.9. The van der Waals surface area contributed by atoms with Gasteiger partial charge >= 0.3 is 5.97 Å². The van der Waals surface area contributed by atoms with Crippen LogP contribution in [0.15, 0.2) is 42.6 Å². The van der Waals surface area contributed by atoms with Gasteiger partial charge in [0.2, 0.25) is 11.7 Å². The maximum Gasteiger partial charge on any atom is 0.306 e. The molecule has 7 rings (SSSR count). The van der Waals surface area contributed by atoms with E-state index >= 15 is 0 Å². The quantitative estimate of drug-likeness (QED) is 0.486. The predicted molar refractivity (Wildman–Crippen MR) is 161 cm³/mol. The fraction of sp³-hybridized carbons (Fsp3) is 0.545. The van der Waals surface area contributed by atoms with Crippen LogP contribution in [0.3, 0.4) is 0 Å². The number of hydrogen-bond acceptors (Lipinski definition) is 6. The monoisotopic (exact) mass is 584 g/mol. The molecule has 3 aliphatic heterocycles. The van der Waals surface area contributed by atoms with Crippen molar-refractivity contribution in [3.63, 3.8) is 0 Å². The third-order valence-corrected chi connectivity index (χ3v) is 10.7. The molecule has 1 aromatic carbocycles. The van der Waals surface area contributed by atoms with E-state index in [0.717, 1.165) is 43.6 Å². The van der Waals surface area contributed by atoms with Gasteiger partial charge < -0.3 is 19.8 Å². The van der Waals surface area contributed by atoms with E-state index in [-0.39, 0.29) is 34.4 Å². The van der Waals surface area contributed by atoms with E-state index < -0.39 is 11.9 Å². The number of aromatic nitrogens is 3. The Morgan fingerprint density at radius 3 is 2.40 bits per heavy atom. The Balaban J connectivity index is 1.02. The molecular formula is C33H40N6O4. The van der Waals surface area contributed by atoms with E-state index in [2.05, 4.69) is 58.3 Å². The number of fused-ring (bicyclic) bond motifs is 1. The SMILES string of the molecule is Cc1cc(N2CC[C@](C)(c3ccccc3)C2)cn2nc(C(=O)N3CC[C@@]4(CCN(C(=O)[C@@H]5CC[C@H](C(=O)O)C5)C4)C3)nc12. The van der Waals surface area contributed by atoms with Crippen molar-refractivity contribution < 1.29 is 19.5 Å². The summed E-state index contributed by atoms with van der Waals surface area (Å²) in [5.41, 5.74) is 4.09. The summed E-state index contributed by atoms with van der Waals surface area (Å²) in [5, 5.41) is 14.0. The van der Waals surface area contributed by atoms with E-state index in [1.54, 1.807) is 4.52 Å². The number of aryl methyl sites for hydroxylation is 1. The summed E-state index contributed by atoms with van der Waals surface area (Å²) in [6.07, 6.45) is 6.42. The van der Waals surface area contributed by atoms with Crippen LogP contribution in [0.2, 0.25) is 0 Å². The highest BCUT2D eigenvalue weighted by molar-refractivity contribution is 5.91. The van der Waals surface area contributed by atoms with Gasteiger partial charge in [0.1, 0.15) is 0 Å². The Bertz CT molecular complexity index is 1590. The zero-order valence-corrected chi connectivity index (χ0v) is 25.0. The predicted octanol–water partition coefficient (Wildman–Crippen LogP) is 3.77. The lowest BCUT2D eigenvalue weighted by Gasteiger charge is -2.26. The molecule has 1 spiro atoms. The molecule has 0 unspecified atom stereocenters. The molecule has 4 atom stereocenters. The minimum Gasteiger partial charge on any atom is -0.481 e. The van der Waals surface area contributed by atoms with Crippen LogP contribution in [0.25, 0.3) is 5.65 Å². The summed E-state index contributed by atoms with van der Waals surface area (Å²) >= 11 is 0. The van der Waals surface area contributed by atoms with Crippen LogP contribution in [-0.4, -0.2) is 86.6 Å². The standard InChI is InChI=1S/C33H40N6O4/c1-22-16-26(36-13-10-32(2,19-36)25-6-4-3-5-7-25)18-39-28(22)34-27(35-39)30(41)38-15-12-33(21-38)11-14-37(20-33)29(40)23-8-9-24(17-23)31(42)43/h3-7,16,18,23-24H,8-15,17,19-21H2,1-2H3,(H,42,43)/t23-,24+,32+,33-/m1/s1. The first-order valence-corrected chi connectivity index (χ1v) is 15.6. The van der Waals surface area contributed by atoms with Crippen LogP contribution in [0.4, 0.5) is 5.69 Å². The summed E-state index contributed by atoms with van der Waals surface area (Å²) in [6, 6.07) is 12.8. The highest BCUT2D eigenvalue weighted by Gasteiger charge is 2.48. The Kier molecular flexibility index (Phi) is 6.70. The van der Waals surface area contributed by atoms with E-state index in [9.17, 15) is 19.5 Å². The van der Waals surface area contributed by atoms with Crippen LogP contribution in [0.5, 0.6) is 0 Å². The number of benzene rings is 1. The molecule has 1 aliphatic carbocycles. The molecule has 0 radical (unpaired) electrons. The van der Waals surface area contributed by atoms with Crippen molar-refractivity contribution in [2.75, 3.05) is 44.2 Å². The molecule has 0 bridgehead atoms. The zero-order chi connectivity index (χ0) is 29.9. The minimum absolute atomic E-state index is 0.0811. The number of pyridine rings is 1. The van der Waals surface area contributed by atoms with Crippen LogP contribution < -0.4 is 4.90 Å². The van der Waals surface area contributed by atoms with Gasteiger partial charge in [-0.2, -0.15) is 0 Å². The van der Waals surface area contributed by atoms with E-state index in [1.165, 1.54) is 5.56 Å². The van der Waals surface area contributed by atoms with Gasteiger partial charge in [-0.3, -0.25) is 14.4 Å². The van der Waals surface area contributed by atoms with Crippen molar-refractivity contribution >= 4 is 29.1 Å². The van der Waals surface area contributed by atoms with Crippen molar-refractivity contribution in [1.29, 1.82) is 0 Å². The number of anilines is 1. The second-order valence-corrected chi connectivity index (χ2v) is 13.7. The first-order valence-electron chi connectivity index (χ1n) is 15.6. The third-order valence-electron chi connectivity index (χ3n) is 10.7. The van der Waals surface area contributed by atoms with Gasteiger partial charge in [0.05, 0.1) is 17.8 Å². The van der Waals surface area contributed by atoms with Crippen molar-refractivity contribution in [2.45, 2.75) is 57.8 Å². The lowest BCUT2D eigenvalue weighted by molar-refractivity contribution is -0.141. The van der Waals surface area contributed by atoms with Gasteiger partial charge in [-0.15, -0.1) is 5.10 Å². The molecule has 2 amide bonds. The molecule has 3 aromatic rings. The molecular weight excluding hydrogens is 544 g/mol. The number of carbonyl (C=O) groups is 3. The largest absolute Gasteiger partial charge is 0.481 e. The van der Waals surface area contributed by atoms with Gasteiger partial charge in [0, 0.05) is 56.0 Å². The van der Waals surface area contributed by atoms with E-state index in [0.29, 0.717) is 51.1 Å². The highest BCUT2D eigenvalue weighted by atomic mass is 16.4. The fourth-order valence-electron chi connectivity index (χ4n) is 8.05. The van der Waals surface area contributed by atoms with Crippen LogP contribution in [-0.2, 0) is 15.0 Å². The van der Waals surface area contributed by atoms with Crippen LogP contribution >= 0.6 is 0 Å². The number of amides is 2. The molecule has 4 aliphatic rings. The summed E-state index contributed by atoms with van der Waals surface area (Å²) in [5.74, 6) is -1.27.